The van der Waals surface area contributed by atoms with Crippen LogP contribution in [-0.4, -0.2) is 36.0 Å². The highest BCUT2D eigenvalue weighted by Gasteiger charge is 2.49. The molecule has 2 heterocycles. The molecule has 1 saturated carbocycles. The summed E-state index contributed by atoms with van der Waals surface area (Å²) < 4.78 is 0. The first kappa shape index (κ1) is 13.6. The van der Waals surface area contributed by atoms with Gasteiger partial charge in [-0.05, 0) is 55.8 Å². The van der Waals surface area contributed by atoms with Crippen LogP contribution in [0.5, 0.6) is 0 Å². The van der Waals surface area contributed by atoms with Gasteiger partial charge in [0.05, 0.1) is 0 Å². The van der Waals surface area contributed by atoms with Crippen LogP contribution in [0.15, 0.2) is 24.3 Å². The lowest BCUT2D eigenvalue weighted by atomic mass is 10.1. The number of hydrogen-bond acceptors (Lipinski definition) is 2. The summed E-state index contributed by atoms with van der Waals surface area (Å²) in [4.78, 5) is 15.1. The molecule has 3 fully saturated rings. The second-order valence-corrected chi connectivity index (χ2v) is 7.06. The average molecular weight is 305 g/mol. The summed E-state index contributed by atoms with van der Waals surface area (Å²) in [5.41, 5.74) is 1.22. The third-order valence-electron chi connectivity index (χ3n) is 5.29. The van der Waals surface area contributed by atoms with E-state index in [1.54, 1.807) is 0 Å². The van der Waals surface area contributed by atoms with E-state index in [2.05, 4.69) is 16.3 Å². The molecule has 3 nitrogen and oxygen atoms in total. The predicted molar refractivity (Wildman–Crippen MR) is 83.4 cm³/mol. The molecule has 1 aliphatic carbocycles. The highest BCUT2D eigenvalue weighted by molar-refractivity contribution is 6.30. The smallest absolute Gasteiger partial charge is 0.226 e. The van der Waals surface area contributed by atoms with Gasteiger partial charge in [-0.15, -0.1) is 0 Å². The van der Waals surface area contributed by atoms with Gasteiger partial charge in [0, 0.05) is 29.6 Å². The molecule has 4 atom stereocenters. The molecular formula is C17H21ClN2O. The largest absolute Gasteiger partial charge is 0.335 e. The molecule has 2 bridgehead atoms. The Bertz CT molecular complexity index is 547. The Labute approximate surface area is 130 Å². The lowest BCUT2D eigenvalue weighted by Crippen LogP contribution is -2.43. The molecule has 2 aliphatic heterocycles. The van der Waals surface area contributed by atoms with Crippen LogP contribution in [0.2, 0.25) is 5.02 Å². The minimum absolute atomic E-state index is 0.185. The highest BCUT2D eigenvalue weighted by atomic mass is 35.5. The first-order valence-electron chi connectivity index (χ1n) is 8.02. The van der Waals surface area contributed by atoms with Crippen molar-refractivity contribution in [2.75, 3.05) is 13.1 Å². The summed E-state index contributed by atoms with van der Waals surface area (Å²) in [5.74, 6) is 0.952. The zero-order valence-electron chi connectivity index (χ0n) is 12.1. The van der Waals surface area contributed by atoms with Crippen molar-refractivity contribution in [3.63, 3.8) is 0 Å². The molecule has 21 heavy (non-hydrogen) atoms. The summed E-state index contributed by atoms with van der Waals surface area (Å²) in [6.45, 7) is 2.02. The number of hydrogen-bond donors (Lipinski definition) is 1. The predicted octanol–water partition coefficient (Wildman–Crippen LogP) is 2.80. The van der Waals surface area contributed by atoms with Gasteiger partial charge in [-0.3, -0.25) is 4.79 Å². The van der Waals surface area contributed by atoms with E-state index in [1.807, 2.05) is 18.2 Å². The number of rotatable bonds is 2. The Kier molecular flexibility index (Phi) is 3.43. The fourth-order valence-electron chi connectivity index (χ4n) is 4.11. The van der Waals surface area contributed by atoms with E-state index in [4.69, 9.17) is 11.6 Å². The molecule has 0 aromatic heterocycles. The zero-order valence-corrected chi connectivity index (χ0v) is 12.9. The van der Waals surface area contributed by atoms with Gasteiger partial charge in [0.25, 0.3) is 0 Å². The summed E-state index contributed by atoms with van der Waals surface area (Å²) in [6, 6.07) is 8.88. The third kappa shape index (κ3) is 2.47. The van der Waals surface area contributed by atoms with Gasteiger partial charge in [-0.1, -0.05) is 23.7 Å². The van der Waals surface area contributed by atoms with E-state index in [-0.39, 0.29) is 5.92 Å². The van der Waals surface area contributed by atoms with Crippen molar-refractivity contribution in [1.29, 1.82) is 0 Å². The van der Waals surface area contributed by atoms with Gasteiger partial charge in [0.1, 0.15) is 0 Å². The van der Waals surface area contributed by atoms with Gasteiger partial charge >= 0.3 is 0 Å². The second-order valence-electron chi connectivity index (χ2n) is 6.63. The van der Waals surface area contributed by atoms with Crippen molar-refractivity contribution in [2.45, 2.75) is 43.7 Å². The third-order valence-corrected chi connectivity index (χ3v) is 5.53. The van der Waals surface area contributed by atoms with Gasteiger partial charge < -0.3 is 10.2 Å². The van der Waals surface area contributed by atoms with Gasteiger partial charge in [0.2, 0.25) is 5.91 Å². The monoisotopic (exact) mass is 304 g/mol. The molecular weight excluding hydrogens is 284 g/mol. The van der Waals surface area contributed by atoms with E-state index in [0.29, 0.717) is 23.9 Å². The maximum Gasteiger partial charge on any atom is 0.226 e. The normalized spacial score (nSPS) is 34.6. The zero-order chi connectivity index (χ0) is 14.4. The van der Waals surface area contributed by atoms with Crippen molar-refractivity contribution in [3.8, 4) is 0 Å². The second kappa shape index (κ2) is 5.29. The topological polar surface area (TPSA) is 32.3 Å². The van der Waals surface area contributed by atoms with Crippen LogP contribution in [0.25, 0.3) is 0 Å². The number of carbonyl (C=O) groups excluding carboxylic acids is 1. The number of carbonyl (C=O) groups is 1. The van der Waals surface area contributed by atoms with Crippen LogP contribution in [0.3, 0.4) is 0 Å². The first-order valence-corrected chi connectivity index (χ1v) is 8.40. The Balaban J connectivity index is 1.49. The molecule has 112 valence electrons. The lowest BCUT2D eigenvalue weighted by Gasteiger charge is -2.28. The summed E-state index contributed by atoms with van der Waals surface area (Å²) >= 11 is 6.07. The van der Waals surface area contributed by atoms with Crippen LogP contribution >= 0.6 is 11.6 Å². The summed E-state index contributed by atoms with van der Waals surface area (Å²) in [5, 5.41) is 4.23. The molecule has 2 saturated heterocycles. The van der Waals surface area contributed by atoms with Crippen LogP contribution < -0.4 is 5.32 Å². The summed E-state index contributed by atoms with van der Waals surface area (Å²) in [7, 11) is 0. The number of amides is 1. The molecule has 0 radical (unpaired) electrons. The molecule has 4 rings (SSSR count). The van der Waals surface area contributed by atoms with E-state index >= 15 is 0 Å². The highest BCUT2D eigenvalue weighted by Crippen LogP contribution is 2.50. The van der Waals surface area contributed by atoms with E-state index in [0.717, 1.165) is 37.4 Å². The molecule has 3 aliphatic rings. The van der Waals surface area contributed by atoms with E-state index < -0.39 is 0 Å². The van der Waals surface area contributed by atoms with Crippen molar-refractivity contribution in [2.24, 2.45) is 5.92 Å². The molecule has 1 aromatic rings. The van der Waals surface area contributed by atoms with Gasteiger partial charge in [-0.2, -0.15) is 0 Å². The molecule has 0 spiro atoms. The number of benzene rings is 1. The van der Waals surface area contributed by atoms with Crippen molar-refractivity contribution in [3.05, 3.63) is 34.9 Å². The fraction of sp³-hybridized carbons (Fsp3) is 0.588. The summed E-state index contributed by atoms with van der Waals surface area (Å²) in [6.07, 6.45) is 4.45. The SMILES string of the molecule is O=C(C1CC1c1cccc(Cl)c1)N1C2CCNCC1CC2. The number of nitrogens with zero attached hydrogens (tertiary/aromatic N) is 1. The average Bonchev–Trinajstić information content (AvgIpc) is 3.18. The minimum atomic E-state index is 0.185. The van der Waals surface area contributed by atoms with E-state index in [1.165, 1.54) is 12.0 Å². The Hall–Kier alpha value is -1.06. The minimum Gasteiger partial charge on any atom is -0.335 e. The maximum atomic E-state index is 12.9. The van der Waals surface area contributed by atoms with E-state index in [9.17, 15) is 4.79 Å². The standard InChI is InChI=1S/C17H21ClN2O/c18-12-3-1-2-11(8-12)15-9-16(15)17(21)20-13-4-5-14(20)10-19-7-6-13/h1-3,8,13-16,19H,4-7,9-10H2. The molecule has 4 heteroatoms. The number of fused-ring (bicyclic) bond motifs is 2. The Morgan fingerprint density at radius 2 is 2.10 bits per heavy atom. The maximum absolute atomic E-state index is 12.9. The van der Waals surface area contributed by atoms with Crippen LogP contribution in [0.4, 0.5) is 0 Å². The van der Waals surface area contributed by atoms with Crippen molar-refractivity contribution < 1.29 is 4.79 Å². The van der Waals surface area contributed by atoms with Gasteiger partial charge in [0.15, 0.2) is 0 Å². The number of nitrogens with one attached hydrogen (secondary N) is 1. The number of halogens is 1. The molecule has 1 amide bonds. The molecule has 4 unspecified atom stereocenters. The Morgan fingerprint density at radius 3 is 2.95 bits per heavy atom. The lowest BCUT2D eigenvalue weighted by molar-refractivity contribution is -0.135. The van der Waals surface area contributed by atoms with Gasteiger partial charge in [-0.25, -0.2) is 0 Å². The van der Waals surface area contributed by atoms with Crippen LogP contribution in [0.1, 0.15) is 37.2 Å². The van der Waals surface area contributed by atoms with Crippen LogP contribution in [-0.2, 0) is 4.79 Å². The quantitative estimate of drug-likeness (QED) is 0.911. The fourth-order valence-corrected chi connectivity index (χ4v) is 4.31. The Morgan fingerprint density at radius 1 is 1.24 bits per heavy atom. The first-order chi connectivity index (χ1) is 10.2. The van der Waals surface area contributed by atoms with Crippen molar-refractivity contribution >= 4 is 17.5 Å². The van der Waals surface area contributed by atoms with Crippen molar-refractivity contribution in [1.82, 2.24) is 10.2 Å². The van der Waals surface area contributed by atoms with Crippen LogP contribution in [0, 0.1) is 5.92 Å². The molecule has 1 N–H and O–H groups in total. The molecule has 1 aromatic carbocycles.